The van der Waals surface area contributed by atoms with Gasteiger partial charge in [-0.2, -0.15) is 5.26 Å². The number of carboxylic acids is 1. The lowest BCUT2D eigenvalue weighted by molar-refractivity contribution is 0.0699. The second kappa shape index (κ2) is 2.99. The van der Waals surface area contributed by atoms with Gasteiger partial charge in [-0.05, 0) is 12.1 Å². The second-order valence-corrected chi connectivity index (χ2v) is 2.96. The first-order valence-corrected chi connectivity index (χ1v) is 4.04. The number of rotatable bonds is 1. The standard InChI is InChI=1S/C9H6N4O2/c10-3-4-1-5(8(14)15)7-6(2-4)12-9(11)13-7/h1-2H,(H,14,15)(H3,11,12,13). The van der Waals surface area contributed by atoms with Crippen molar-refractivity contribution in [2.75, 3.05) is 5.73 Å². The summed E-state index contributed by atoms with van der Waals surface area (Å²) >= 11 is 0. The first-order chi connectivity index (χ1) is 7.11. The molecule has 0 bridgehead atoms. The van der Waals surface area contributed by atoms with E-state index in [-0.39, 0.29) is 22.6 Å². The number of nitrogens with zero attached hydrogens (tertiary/aromatic N) is 2. The molecule has 0 spiro atoms. The topological polar surface area (TPSA) is 116 Å². The summed E-state index contributed by atoms with van der Waals surface area (Å²) in [5.74, 6) is -1.01. The predicted octanol–water partition coefficient (Wildman–Crippen LogP) is 0.715. The lowest BCUT2D eigenvalue weighted by Crippen LogP contribution is -1.98. The molecule has 2 rings (SSSR count). The average Bonchev–Trinajstić information content (AvgIpc) is 2.55. The number of H-pyrrole nitrogens is 1. The number of nitriles is 1. The number of fused-ring (bicyclic) bond motifs is 1. The van der Waals surface area contributed by atoms with E-state index in [4.69, 9.17) is 16.1 Å². The number of aromatic amines is 1. The second-order valence-electron chi connectivity index (χ2n) is 2.96. The van der Waals surface area contributed by atoms with Gasteiger partial charge >= 0.3 is 5.97 Å². The van der Waals surface area contributed by atoms with Crippen molar-refractivity contribution in [2.24, 2.45) is 0 Å². The summed E-state index contributed by atoms with van der Waals surface area (Å²) in [5.41, 5.74) is 6.34. The quantitative estimate of drug-likeness (QED) is 0.629. The van der Waals surface area contributed by atoms with Crippen LogP contribution in [0.25, 0.3) is 11.0 Å². The van der Waals surface area contributed by atoms with Crippen LogP contribution >= 0.6 is 0 Å². The molecule has 6 heteroatoms. The molecule has 4 N–H and O–H groups in total. The number of anilines is 1. The third kappa shape index (κ3) is 1.36. The lowest BCUT2D eigenvalue weighted by atomic mass is 10.1. The molecule has 0 saturated heterocycles. The largest absolute Gasteiger partial charge is 0.478 e. The summed E-state index contributed by atoms with van der Waals surface area (Å²) in [5, 5.41) is 17.6. The highest BCUT2D eigenvalue weighted by molar-refractivity contribution is 6.02. The van der Waals surface area contributed by atoms with Crippen LogP contribution in [-0.4, -0.2) is 21.0 Å². The highest BCUT2D eigenvalue weighted by atomic mass is 16.4. The summed E-state index contributed by atoms with van der Waals surface area (Å²) < 4.78 is 0. The lowest BCUT2D eigenvalue weighted by Gasteiger charge is -1.96. The van der Waals surface area contributed by atoms with Crippen molar-refractivity contribution in [3.63, 3.8) is 0 Å². The first-order valence-electron chi connectivity index (χ1n) is 4.04. The summed E-state index contributed by atoms with van der Waals surface area (Å²) in [4.78, 5) is 17.4. The predicted molar refractivity (Wildman–Crippen MR) is 52.2 cm³/mol. The van der Waals surface area contributed by atoms with Crippen LogP contribution in [0.1, 0.15) is 15.9 Å². The van der Waals surface area contributed by atoms with Crippen LogP contribution in [0.15, 0.2) is 12.1 Å². The van der Waals surface area contributed by atoms with Gasteiger partial charge in [0, 0.05) is 0 Å². The van der Waals surface area contributed by atoms with E-state index >= 15 is 0 Å². The van der Waals surface area contributed by atoms with Crippen LogP contribution in [0.2, 0.25) is 0 Å². The van der Waals surface area contributed by atoms with Gasteiger partial charge in [0.2, 0.25) is 0 Å². The monoisotopic (exact) mass is 202 g/mol. The van der Waals surface area contributed by atoms with Crippen molar-refractivity contribution in [1.29, 1.82) is 5.26 Å². The number of nitrogens with one attached hydrogen (secondary N) is 1. The number of nitrogen functional groups attached to an aromatic ring is 1. The van der Waals surface area contributed by atoms with Gasteiger partial charge in [0.05, 0.1) is 22.7 Å². The van der Waals surface area contributed by atoms with Crippen molar-refractivity contribution in [1.82, 2.24) is 9.97 Å². The molecule has 0 aliphatic carbocycles. The summed E-state index contributed by atoms with van der Waals surface area (Å²) in [6.07, 6.45) is 0. The van der Waals surface area contributed by atoms with Crippen molar-refractivity contribution < 1.29 is 9.90 Å². The number of carboxylic acid groups (broad SMARTS) is 1. The maximum Gasteiger partial charge on any atom is 0.338 e. The average molecular weight is 202 g/mol. The number of aromatic carboxylic acids is 1. The Balaban J connectivity index is 2.87. The molecule has 0 unspecified atom stereocenters. The minimum Gasteiger partial charge on any atom is -0.478 e. The molecule has 74 valence electrons. The third-order valence-electron chi connectivity index (χ3n) is 1.96. The number of imidazole rings is 1. The van der Waals surface area contributed by atoms with E-state index in [2.05, 4.69) is 9.97 Å². The Hall–Kier alpha value is -2.55. The van der Waals surface area contributed by atoms with Gasteiger partial charge in [-0.25, -0.2) is 9.78 Å². The van der Waals surface area contributed by atoms with Crippen LogP contribution in [0.4, 0.5) is 5.95 Å². The van der Waals surface area contributed by atoms with E-state index in [0.29, 0.717) is 5.52 Å². The number of nitrogens with two attached hydrogens (primary N) is 1. The van der Waals surface area contributed by atoms with Crippen molar-refractivity contribution in [3.8, 4) is 6.07 Å². The fourth-order valence-electron chi connectivity index (χ4n) is 1.36. The van der Waals surface area contributed by atoms with Gasteiger partial charge in [0.25, 0.3) is 0 Å². The van der Waals surface area contributed by atoms with Gasteiger partial charge in [0.1, 0.15) is 5.52 Å². The van der Waals surface area contributed by atoms with E-state index in [9.17, 15) is 4.79 Å². The molecule has 1 heterocycles. The van der Waals surface area contributed by atoms with Crippen LogP contribution < -0.4 is 5.73 Å². The fourth-order valence-corrected chi connectivity index (χ4v) is 1.36. The summed E-state index contributed by atoms with van der Waals surface area (Å²) in [6.45, 7) is 0. The molecule has 2 aromatic rings. The first kappa shape index (κ1) is 9.02. The Morgan fingerprint density at radius 3 is 2.93 bits per heavy atom. The van der Waals surface area contributed by atoms with E-state index in [1.807, 2.05) is 6.07 Å². The van der Waals surface area contributed by atoms with Gasteiger partial charge in [0.15, 0.2) is 5.95 Å². The third-order valence-corrected chi connectivity index (χ3v) is 1.96. The van der Waals surface area contributed by atoms with E-state index in [1.165, 1.54) is 12.1 Å². The molecule has 0 saturated carbocycles. The smallest absolute Gasteiger partial charge is 0.338 e. The van der Waals surface area contributed by atoms with Gasteiger partial charge in [-0.3, -0.25) is 0 Å². The molecular formula is C9H6N4O2. The molecule has 0 aliphatic rings. The van der Waals surface area contributed by atoms with Crippen molar-refractivity contribution in [3.05, 3.63) is 23.3 Å². The minimum atomic E-state index is -1.14. The Morgan fingerprint density at radius 1 is 1.60 bits per heavy atom. The van der Waals surface area contributed by atoms with Gasteiger partial charge < -0.3 is 15.8 Å². The van der Waals surface area contributed by atoms with Crippen LogP contribution in [0, 0.1) is 11.3 Å². The highest BCUT2D eigenvalue weighted by Crippen LogP contribution is 2.19. The van der Waals surface area contributed by atoms with Gasteiger partial charge in [-0.15, -0.1) is 0 Å². The fraction of sp³-hybridized carbons (Fsp3) is 0. The Labute approximate surface area is 84.0 Å². The van der Waals surface area contributed by atoms with Crippen LogP contribution in [-0.2, 0) is 0 Å². The molecular weight excluding hydrogens is 196 g/mol. The van der Waals surface area contributed by atoms with Crippen molar-refractivity contribution >= 4 is 23.0 Å². The minimum absolute atomic E-state index is 0.0306. The van der Waals surface area contributed by atoms with Gasteiger partial charge in [-0.1, -0.05) is 0 Å². The SMILES string of the molecule is N#Cc1cc(C(=O)O)c2nc(N)[nH]c2c1. The Bertz CT molecular complexity index is 594. The molecule has 0 fully saturated rings. The summed E-state index contributed by atoms with van der Waals surface area (Å²) in [7, 11) is 0. The molecule has 15 heavy (non-hydrogen) atoms. The highest BCUT2D eigenvalue weighted by Gasteiger charge is 2.13. The maximum absolute atomic E-state index is 10.9. The zero-order valence-electron chi connectivity index (χ0n) is 7.48. The number of hydrogen-bond donors (Lipinski definition) is 3. The normalized spacial score (nSPS) is 10.1. The number of carbonyl (C=O) groups is 1. The molecule has 0 amide bonds. The Morgan fingerprint density at radius 2 is 2.33 bits per heavy atom. The molecule has 1 aromatic carbocycles. The van der Waals surface area contributed by atoms with E-state index in [1.54, 1.807) is 0 Å². The zero-order chi connectivity index (χ0) is 11.0. The zero-order valence-corrected chi connectivity index (χ0v) is 7.48. The molecule has 0 aliphatic heterocycles. The molecule has 6 nitrogen and oxygen atoms in total. The van der Waals surface area contributed by atoms with Crippen LogP contribution in [0.3, 0.4) is 0 Å². The number of aromatic nitrogens is 2. The van der Waals surface area contributed by atoms with Crippen LogP contribution in [0.5, 0.6) is 0 Å². The summed E-state index contributed by atoms with van der Waals surface area (Å²) in [6, 6.07) is 4.65. The van der Waals surface area contributed by atoms with Crippen molar-refractivity contribution in [2.45, 2.75) is 0 Å². The Kier molecular flexibility index (Phi) is 1.80. The molecule has 0 atom stereocenters. The maximum atomic E-state index is 10.9. The van der Waals surface area contributed by atoms with E-state index < -0.39 is 5.97 Å². The number of hydrogen-bond acceptors (Lipinski definition) is 4. The molecule has 0 radical (unpaired) electrons. The number of benzene rings is 1. The molecule has 1 aromatic heterocycles. The van der Waals surface area contributed by atoms with E-state index in [0.717, 1.165) is 0 Å².